The molecular formula is C26H32N6O4. The van der Waals surface area contributed by atoms with Gasteiger partial charge in [0.15, 0.2) is 0 Å². The number of ether oxygens (including phenoxy) is 1. The van der Waals surface area contributed by atoms with E-state index in [0.717, 1.165) is 49.1 Å². The monoisotopic (exact) mass is 492 g/mol. The molecule has 2 aromatic carbocycles. The van der Waals surface area contributed by atoms with Crippen molar-refractivity contribution in [3.8, 4) is 16.9 Å². The maximum Gasteiger partial charge on any atom is 0.300 e. The minimum absolute atomic E-state index is 0.142. The number of H-pyrrole nitrogens is 1. The van der Waals surface area contributed by atoms with Gasteiger partial charge in [-0.2, -0.15) is 0 Å². The highest BCUT2D eigenvalue weighted by Gasteiger charge is 2.32. The Bertz CT molecular complexity index is 1320. The van der Waals surface area contributed by atoms with Gasteiger partial charge in [-0.15, -0.1) is 0 Å². The third-order valence-electron chi connectivity index (χ3n) is 7.54. The average molecular weight is 493 g/mol. The summed E-state index contributed by atoms with van der Waals surface area (Å²) in [5, 5.41) is 15.5. The van der Waals surface area contributed by atoms with Crippen LogP contribution in [0.2, 0.25) is 0 Å². The van der Waals surface area contributed by atoms with Crippen LogP contribution in [-0.2, 0) is 0 Å². The van der Waals surface area contributed by atoms with E-state index in [2.05, 4.69) is 10.3 Å². The molecule has 36 heavy (non-hydrogen) atoms. The van der Waals surface area contributed by atoms with Crippen molar-refractivity contribution < 1.29 is 14.5 Å². The number of nitrogens with one attached hydrogen (secondary N) is 2. The summed E-state index contributed by atoms with van der Waals surface area (Å²) in [7, 11) is 0. The third-order valence-corrected chi connectivity index (χ3v) is 7.54. The maximum absolute atomic E-state index is 12.3. The number of nitro benzene ring substituents is 1. The molecule has 1 aliphatic carbocycles. The highest BCUT2D eigenvalue weighted by molar-refractivity contribution is 6.05. The van der Waals surface area contributed by atoms with Crippen LogP contribution in [0.4, 0.5) is 11.4 Å². The van der Waals surface area contributed by atoms with Gasteiger partial charge >= 0.3 is 5.69 Å². The summed E-state index contributed by atoms with van der Waals surface area (Å²) in [5.74, 6) is 0.632. The first-order chi connectivity index (χ1) is 17.3. The summed E-state index contributed by atoms with van der Waals surface area (Å²) in [4.78, 5) is 32.0. The van der Waals surface area contributed by atoms with Crippen LogP contribution in [0.3, 0.4) is 0 Å². The number of benzene rings is 2. The number of aromatic amines is 1. The van der Waals surface area contributed by atoms with Crippen molar-refractivity contribution in [2.45, 2.75) is 63.3 Å². The van der Waals surface area contributed by atoms with E-state index in [9.17, 15) is 14.9 Å². The molecule has 2 fully saturated rings. The van der Waals surface area contributed by atoms with E-state index < -0.39 is 10.8 Å². The molecule has 1 amide bonds. The van der Waals surface area contributed by atoms with Crippen LogP contribution in [0.15, 0.2) is 24.3 Å². The van der Waals surface area contributed by atoms with Crippen LogP contribution in [0, 0.1) is 10.1 Å². The number of nitrogen functional groups attached to an aromatic ring is 1. The molecule has 5 rings (SSSR count). The molecule has 10 nitrogen and oxygen atoms in total. The van der Waals surface area contributed by atoms with Gasteiger partial charge in [-0.05, 0) is 62.9 Å². The lowest BCUT2D eigenvalue weighted by Crippen LogP contribution is -2.42. The minimum Gasteiger partial charge on any atom is -0.491 e. The largest absolute Gasteiger partial charge is 0.491 e. The first-order valence-corrected chi connectivity index (χ1v) is 12.5. The molecule has 6 N–H and O–H groups in total. The summed E-state index contributed by atoms with van der Waals surface area (Å²) >= 11 is 0. The zero-order valence-corrected chi connectivity index (χ0v) is 20.4. The fourth-order valence-corrected chi connectivity index (χ4v) is 5.54. The molecule has 190 valence electrons. The van der Waals surface area contributed by atoms with Crippen molar-refractivity contribution in [2.75, 3.05) is 18.9 Å². The van der Waals surface area contributed by atoms with Crippen molar-refractivity contribution in [3.63, 3.8) is 0 Å². The number of anilines is 1. The van der Waals surface area contributed by atoms with Crippen molar-refractivity contribution in [2.24, 2.45) is 5.73 Å². The zero-order chi connectivity index (χ0) is 25.4. The minimum atomic E-state index is -0.872. The van der Waals surface area contributed by atoms with Crippen LogP contribution < -0.4 is 21.5 Å². The number of primary amides is 1. The fourth-order valence-electron chi connectivity index (χ4n) is 5.54. The molecule has 1 saturated heterocycles. The van der Waals surface area contributed by atoms with E-state index in [4.69, 9.17) is 21.2 Å². The van der Waals surface area contributed by atoms with Crippen molar-refractivity contribution >= 4 is 28.3 Å². The second-order valence-electron chi connectivity index (χ2n) is 10.2. The van der Waals surface area contributed by atoms with E-state index >= 15 is 0 Å². The summed E-state index contributed by atoms with van der Waals surface area (Å²) in [5.41, 5.74) is 13.1. The first-order valence-electron chi connectivity index (χ1n) is 12.5. The van der Waals surface area contributed by atoms with Gasteiger partial charge < -0.3 is 26.5 Å². The number of carbonyl (C=O) groups excluding carboxylic acids is 1. The summed E-state index contributed by atoms with van der Waals surface area (Å²) in [6.45, 7) is 3.19. The number of aromatic nitrogens is 2. The molecule has 10 heteroatoms. The van der Waals surface area contributed by atoms with Crippen molar-refractivity contribution in [1.82, 2.24) is 15.3 Å². The average Bonchev–Trinajstić information content (AvgIpc) is 3.48. The van der Waals surface area contributed by atoms with Gasteiger partial charge in [-0.1, -0.05) is 25.3 Å². The fraction of sp³-hybridized carbons (Fsp3) is 0.462. The second-order valence-corrected chi connectivity index (χ2v) is 10.2. The molecule has 0 bridgehead atoms. The number of imidazole rings is 1. The van der Waals surface area contributed by atoms with E-state index in [1.165, 1.54) is 25.3 Å². The molecule has 1 aliphatic heterocycles. The van der Waals surface area contributed by atoms with Gasteiger partial charge in [0.2, 0.25) is 0 Å². The smallest absolute Gasteiger partial charge is 0.300 e. The number of fused-ring (bicyclic) bond motifs is 1. The number of hydrogen-bond donors (Lipinski definition) is 4. The van der Waals surface area contributed by atoms with Crippen molar-refractivity contribution in [3.05, 3.63) is 45.8 Å². The van der Waals surface area contributed by atoms with Gasteiger partial charge in [0.1, 0.15) is 29.4 Å². The van der Waals surface area contributed by atoms with E-state index in [1.807, 2.05) is 19.1 Å². The molecule has 0 spiro atoms. The van der Waals surface area contributed by atoms with Gasteiger partial charge in [-0.25, -0.2) is 4.98 Å². The van der Waals surface area contributed by atoms with Gasteiger partial charge in [0.05, 0.1) is 21.5 Å². The van der Waals surface area contributed by atoms with Crippen LogP contribution in [-0.4, -0.2) is 39.5 Å². The quantitative estimate of drug-likeness (QED) is 0.216. The number of rotatable bonds is 7. The molecule has 2 aliphatic rings. The van der Waals surface area contributed by atoms with E-state index in [-0.39, 0.29) is 40.4 Å². The summed E-state index contributed by atoms with van der Waals surface area (Å²) in [6, 6.07) is 6.97. The zero-order valence-electron chi connectivity index (χ0n) is 20.4. The lowest BCUT2D eigenvalue weighted by atomic mass is 9.89. The van der Waals surface area contributed by atoms with Crippen LogP contribution >= 0.6 is 0 Å². The Morgan fingerprint density at radius 2 is 2.03 bits per heavy atom. The van der Waals surface area contributed by atoms with Gasteiger partial charge in [-0.3, -0.25) is 14.9 Å². The van der Waals surface area contributed by atoms with Crippen molar-refractivity contribution in [1.29, 1.82) is 0 Å². The number of hydrogen-bond acceptors (Lipinski definition) is 7. The van der Waals surface area contributed by atoms with E-state index in [1.54, 1.807) is 6.07 Å². The molecule has 0 unspecified atom stereocenters. The molecule has 1 aromatic heterocycles. The maximum atomic E-state index is 12.3. The predicted molar refractivity (Wildman–Crippen MR) is 138 cm³/mol. The Balaban J connectivity index is 1.58. The molecule has 3 aromatic rings. The van der Waals surface area contributed by atoms with Gasteiger partial charge in [0, 0.05) is 11.5 Å². The predicted octanol–water partition coefficient (Wildman–Crippen LogP) is 4.39. The van der Waals surface area contributed by atoms with E-state index in [0.29, 0.717) is 11.5 Å². The summed E-state index contributed by atoms with van der Waals surface area (Å²) < 4.78 is 6.05. The first kappa shape index (κ1) is 24.1. The number of nitrogens with two attached hydrogens (primary N) is 2. The lowest BCUT2D eigenvalue weighted by Gasteiger charge is -2.25. The molecular weight excluding hydrogens is 460 g/mol. The number of amides is 1. The molecule has 1 atom stereocenters. The number of nitro groups is 1. The lowest BCUT2D eigenvalue weighted by molar-refractivity contribution is -0.383. The third kappa shape index (κ3) is 4.48. The Morgan fingerprint density at radius 3 is 2.69 bits per heavy atom. The Kier molecular flexibility index (Phi) is 6.29. The topological polar surface area (TPSA) is 162 Å². The normalized spacial score (nSPS) is 20.6. The second kappa shape index (κ2) is 9.42. The van der Waals surface area contributed by atoms with Crippen LogP contribution in [0.25, 0.3) is 22.2 Å². The Hall–Kier alpha value is -3.66. The van der Waals surface area contributed by atoms with Crippen LogP contribution in [0.5, 0.6) is 5.75 Å². The number of carbonyl (C=O) groups is 1. The SMILES string of the molecule is C[C@@]1(COc2cc(-c3ccc4nc(C5CCCCC5)[nH]c4c3)c([N+](=O)[O-])c(N)c2C(N)=O)CCCN1. The molecule has 2 heterocycles. The Labute approximate surface area is 208 Å². The standard InChI is InChI=1S/C26H32N6O4/c1-26(10-5-11-29-26)14-36-20-13-17(23(32(34)35)22(27)21(20)24(28)33)16-8-9-18-19(12-16)31-25(30-18)15-6-3-2-4-7-15/h8-9,12-13,15,29H,2-7,10-11,14,27H2,1H3,(H2,28,33)(H,30,31)/t26-/m0/s1. The molecule has 0 radical (unpaired) electrons. The Morgan fingerprint density at radius 1 is 1.25 bits per heavy atom. The summed E-state index contributed by atoms with van der Waals surface area (Å²) in [6.07, 6.45) is 7.80. The highest BCUT2D eigenvalue weighted by atomic mass is 16.6. The highest BCUT2D eigenvalue weighted by Crippen LogP contribution is 2.43. The van der Waals surface area contributed by atoms with Crippen LogP contribution in [0.1, 0.15) is 74.0 Å². The molecule has 1 saturated carbocycles. The number of nitrogens with zero attached hydrogens (tertiary/aromatic N) is 2. The van der Waals surface area contributed by atoms with Gasteiger partial charge in [0.25, 0.3) is 5.91 Å².